The summed E-state index contributed by atoms with van der Waals surface area (Å²) >= 11 is 0. The second-order valence-corrected chi connectivity index (χ2v) is 5.74. The average molecular weight is 262 g/mol. The van der Waals surface area contributed by atoms with Gasteiger partial charge < -0.3 is 0 Å². The maximum absolute atomic E-state index is 4.36. The van der Waals surface area contributed by atoms with Crippen LogP contribution in [0.1, 0.15) is 64.5 Å². The monoisotopic (exact) mass is 262 g/mol. The molecule has 1 saturated heterocycles. The Morgan fingerprint density at radius 2 is 1.84 bits per heavy atom. The van der Waals surface area contributed by atoms with Gasteiger partial charge in [0.25, 0.3) is 0 Å². The van der Waals surface area contributed by atoms with Crippen LogP contribution in [-0.2, 0) is 6.54 Å². The van der Waals surface area contributed by atoms with E-state index in [0.717, 1.165) is 12.5 Å². The summed E-state index contributed by atoms with van der Waals surface area (Å²) < 4.78 is 0. The third kappa shape index (κ3) is 5.32. The molecule has 0 atom stereocenters. The first-order valence-electron chi connectivity index (χ1n) is 7.81. The second kappa shape index (κ2) is 8.31. The summed E-state index contributed by atoms with van der Waals surface area (Å²) in [5.74, 6) is 1.48. The third-order valence-corrected chi connectivity index (χ3v) is 3.77. The highest BCUT2D eigenvalue weighted by molar-refractivity contribution is 5.20. The van der Waals surface area contributed by atoms with E-state index < -0.39 is 0 Å². The molecule has 0 bridgehead atoms. The Morgan fingerprint density at radius 3 is 2.42 bits per heavy atom. The van der Waals surface area contributed by atoms with E-state index in [0.29, 0.717) is 5.92 Å². The van der Waals surface area contributed by atoms with Crippen LogP contribution in [0.25, 0.3) is 0 Å². The van der Waals surface area contributed by atoms with Gasteiger partial charge in [0, 0.05) is 18.9 Å². The van der Waals surface area contributed by atoms with E-state index in [2.05, 4.69) is 36.7 Å². The van der Waals surface area contributed by atoms with Crippen LogP contribution in [0.5, 0.6) is 0 Å². The van der Waals surface area contributed by atoms with Crippen molar-refractivity contribution in [2.45, 2.75) is 59.9 Å². The van der Waals surface area contributed by atoms with Gasteiger partial charge in [-0.05, 0) is 48.9 Å². The number of pyridine rings is 1. The van der Waals surface area contributed by atoms with Gasteiger partial charge in [0.15, 0.2) is 0 Å². The molecule has 19 heavy (non-hydrogen) atoms. The van der Waals surface area contributed by atoms with Crippen molar-refractivity contribution in [2.24, 2.45) is 5.92 Å². The molecule has 1 aromatic rings. The topological polar surface area (TPSA) is 16.1 Å². The zero-order valence-electron chi connectivity index (χ0n) is 13.3. The van der Waals surface area contributed by atoms with Crippen molar-refractivity contribution in [1.29, 1.82) is 0 Å². The van der Waals surface area contributed by atoms with Gasteiger partial charge >= 0.3 is 0 Å². The van der Waals surface area contributed by atoms with Gasteiger partial charge in [-0.25, -0.2) is 0 Å². The Hall–Kier alpha value is -0.890. The van der Waals surface area contributed by atoms with Crippen molar-refractivity contribution in [3.05, 3.63) is 29.6 Å². The van der Waals surface area contributed by atoms with Gasteiger partial charge in [-0.2, -0.15) is 0 Å². The number of hydrogen-bond donors (Lipinski definition) is 0. The summed E-state index contributed by atoms with van der Waals surface area (Å²) in [5.41, 5.74) is 2.72. The van der Waals surface area contributed by atoms with Crippen LogP contribution in [0.2, 0.25) is 0 Å². The van der Waals surface area contributed by atoms with Crippen molar-refractivity contribution >= 4 is 0 Å². The minimum atomic E-state index is 0.573. The number of hydrogen-bond acceptors (Lipinski definition) is 2. The molecule has 0 saturated carbocycles. The van der Waals surface area contributed by atoms with Crippen molar-refractivity contribution in [3.63, 3.8) is 0 Å². The summed E-state index contributed by atoms with van der Waals surface area (Å²) in [7, 11) is 0. The lowest BCUT2D eigenvalue weighted by Gasteiger charge is -2.30. The summed E-state index contributed by atoms with van der Waals surface area (Å²) in [4.78, 5) is 6.92. The summed E-state index contributed by atoms with van der Waals surface area (Å²) in [6, 6.07) is 2.32. The fourth-order valence-corrected chi connectivity index (χ4v) is 2.39. The largest absolute Gasteiger partial charge is 0.299 e. The molecule has 0 amide bonds. The molecule has 2 nitrogen and oxygen atoms in total. The molecular formula is C17H30N2. The van der Waals surface area contributed by atoms with E-state index in [1.165, 1.54) is 37.1 Å². The van der Waals surface area contributed by atoms with Crippen LogP contribution in [0.3, 0.4) is 0 Å². The first-order chi connectivity index (χ1) is 9.15. The molecule has 0 aliphatic carbocycles. The van der Waals surface area contributed by atoms with E-state index in [1.807, 2.05) is 26.2 Å². The van der Waals surface area contributed by atoms with Gasteiger partial charge in [0.1, 0.15) is 0 Å². The smallest absolute Gasteiger partial charge is 0.0313 e. The molecule has 0 N–H and O–H groups in total. The number of aromatic nitrogens is 1. The van der Waals surface area contributed by atoms with Crippen LogP contribution in [-0.4, -0.2) is 23.0 Å². The molecule has 2 heterocycles. The molecule has 1 aliphatic heterocycles. The minimum absolute atomic E-state index is 0.573. The lowest BCUT2D eigenvalue weighted by Crippen LogP contribution is -2.32. The lowest BCUT2D eigenvalue weighted by atomic mass is 9.98. The average Bonchev–Trinajstić information content (AvgIpc) is 2.44. The minimum Gasteiger partial charge on any atom is -0.299 e. The molecule has 1 aromatic heterocycles. The van der Waals surface area contributed by atoms with Gasteiger partial charge in [-0.1, -0.05) is 40.7 Å². The first-order valence-corrected chi connectivity index (χ1v) is 7.81. The van der Waals surface area contributed by atoms with Gasteiger partial charge in [0.2, 0.25) is 0 Å². The molecule has 0 unspecified atom stereocenters. The fourth-order valence-electron chi connectivity index (χ4n) is 2.39. The molecule has 108 valence electrons. The summed E-state index contributed by atoms with van der Waals surface area (Å²) in [5, 5.41) is 0. The molecule has 1 aliphatic rings. The van der Waals surface area contributed by atoms with E-state index >= 15 is 0 Å². The molecule has 0 aromatic carbocycles. The Balaban J connectivity index is 0.000000861. The first kappa shape index (κ1) is 16.2. The Kier molecular flexibility index (Phi) is 7.07. The van der Waals surface area contributed by atoms with Crippen LogP contribution >= 0.6 is 0 Å². The van der Waals surface area contributed by atoms with Gasteiger partial charge in [-0.15, -0.1) is 0 Å². The molecular weight excluding hydrogens is 232 g/mol. The summed E-state index contributed by atoms with van der Waals surface area (Å²) in [6.07, 6.45) is 6.70. The van der Waals surface area contributed by atoms with Crippen LogP contribution < -0.4 is 0 Å². The number of nitrogens with zero attached hydrogens (tertiary/aromatic N) is 2. The molecule has 2 heteroatoms. The predicted molar refractivity (Wildman–Crippen MR) is 83.3 cm³/mol. The molecule has 0 spiro atoms. The van der Waals surface area contributed by atoms with E-state index in [1.54, 1.807) is 0 Å². The standard InChI is InChI=1S/C15H24N2.C2H6/c1-12(2)15-8-14(9-16-10-15)11-17-6-4-13(3)5-7-17;1-2/h8-10,12-13H,4-7,11H2,1-3H3;1-2H3. The Morgan fingerprint density at radius 1 is 1.21 bits per heavy atom. The van der Waals surface area contributed by atoms with E-state index in [4.69, 9.17) is 0 Å². The highest BCUT2D eigenvalue weighted by Crippen LogP contribution is 2.19. The fraction of sp³-hybridized carbons (Fsp3) is 0.706. The van der Waals surface area contributed by atoms with Crippen LogP contribution in [0.4, 0.5) is 0 Å². The van der Waals surface area contributed by atoms with E-state index in [-0.39, 0.29) is 0 Å². The molecule has 0 radical (unpaired) electrons. The van der Waals surface area contributed by atoms with Gasteiger partial charge in [-0.3, -0.25) is 9.88 Å². The maximum atomic E-state index is 4.36. The van der Waals surface area contributed by atoms with Crippen molar-refractivity contribution in [2.75, 3.05) is 13.1 Å². The summed E-state index contributed by atoms with van der Waals surface area (Å²) in [6.45, 7) is 14.4. The van der Waals surface area contributed by atoms with Crippen molar-refractivity contribution in [3.8, 4) is 0 Å². The zero-order chi connectivity index (χ0) is 14.3. The van der Waals surface area contributed by atoms with Gasteiger partial charge in [0.05, 0.1) is 0 Å². The SMILES string of the molecule is CC.CC1CCN(Cc2cncc(C(C)C)c2)CC1. The quantitative estimate of drug-likeness (QED) is 0.799. The highest BCUT2D eigenvalue weighted by Gasteiger charge is 2.15. The molecule has 2 rings (SSSR count). The highest BCUT2D eigenvalue weighted by atomic mass is 15.1. The van der Waals surface area contributed by atoms with Crippen LogP contribution in [0.15, 0.2) is 18.5 Å². The van der Waals surface area contributed by atoms with Crippen molar-refractivity contribution < 1.29 is 0 Å². The Labute approximate surface area is 119 Å². The second-order valence-electron chi connectivity index (χ2n) is 5.74. The van der Waals surface area contributed by atoms with Crippen LogP contribution in [0, 0.1) is 5.92 Å². The Bertz CT molecular complexity index is 352. The lowest BCUT2D eigenvalue weighted by molar-refractivity contribution is 0.185. The normalized spacial score (nSPS) is 17.2. The maximum Gasteiger partial charge on any atom is 0.0313 e. The number of likely N-dealkylation sites (tertiary alicyclic amines) is 1. The number of piperidine rings is 1. The predicted octanol–water partition coefficient (Wildman–Crippen LogP) is 4.46. The van der Waals surface area contributed by atoms with Crippen molar-refractivity contribution in [1.82, 2.24) is 9.88 Å². The number of rotatable bonds is 3. The third-order valence-electron chi connectivity index (χ3n) is 3.77. The van der Waals surface area contributed by atoms with E-state index in [9.17, 15) is 0 Å². The molecule has 1 fully saturated rings. The zero-order valence-corrected chi connectivity index (χ0v) is 13.3.